The van der Waals surface area contributed by atoms with Crippen molar-refractivity contribution in [2.24, 2.45) is 5.92 Å². The van der Waals surface area contributed by atoms with Crippen LogP contribution >= 0.6 is 0 Å². The normalized spacial score (nSPS) is 15.0. The van der Waals surface area contributed by atoms with E-state index in [4.69, 9.17) is 9.72 Å². The molecule has 2 heterocycles. The minimum absolute atomic E-state index is 0.322. The molecule has 1 aromatic heterocycles. The summed E-state index contributed by atoms with van der Waals surface area (Å²) in [5.74, 6) is 2.32. The minimum Gasteiger partial charge on any atom is -0.493 e. The van der Waals surface area contributed by atoms with Crippen LogP contribution < -0.4 is 9.64 Å². The van der Waals surface area contributed by atoms with Crippen LogP contribution in [-0.4, -0.2) is 56.1 Å². The zero-order valence-electron chi connectivity index (χ0n) is 21.7. The Labute approximate surface area is 219 Å². The molecule has 3 aromatic carbocycles. The van der Waals surface area contributed by atoms with E-state index in [0.717, 1.165) is 66.3 Å². The van der Waals surface area contributed by atoms with E-state index in [-0.39, 0.29) is 0 Å². The van der Waals surface area contributed by atoms with E-state index in [2.05, 4.69) is 33.7 Å². The van der Waals surface area contributed by atoms with E-state index in [1.54, 1.807) is 26.2 Å². The first-order chi connectivity index (χ1) is 17.9. The molecule has 0 unspecified atom stereocenters. The van der Waals surface area contributed by atoms with Gasteiger partial charge in [-0.05, 0) is 74.2 Å². The molecule has 1 aliphatic rings. The Morgan fingerprint density at radius 1 is 0.946 bits per heavy atom. The highest BCUT2D eigenvalue weighted by Crippen LogP contribution is 2.34. The second-order valence-electron chi connectivity index (χ2n) is 9.68. The van der Waals surface area contributed by atoms with Crippen LogP contribution in [0.1, 0.15) is 19.8 Å². The van der Waals surface area contributed by atoms with Crippen LogP contribution in [-0.2, 0) is 16.6 Å². The topological polar surface area (TPSA) is 67.7 Å². The largest absolute Gasteiger partial charge is 0.493 e. The zero-order valence-corrected chi connectivity index (χ0v) is 22.5. The molecule has 0 aliphatic carbocycles. The number of nitrogens with zero attached hydrogens (tertiary/aromatic N) is 4. The Balaban J connectivity index is 1.34. The fourth-order valence-electron chi connectivity index (χ4n) is 5.07. The lowest BCUT2D eigenvalue weighted by molar-refractivity contribution is 0.340. The molecule has 0 saturated carbocycles. The average molecular weight is 519 g/mol. The number of fused-ring (bicyclic) bond motifs is 1. The fraction of sp³-hybridized carbons (Fsp3) is 0.345. The molecule has 8 heteroatoms. The Hall–Kier alpha value is -3.36. The molecule has 0 atom stereocenters. The number of benzene rings is 3. The van der Waals surface area contributed by atoms with Crippen molar-refractivity contribution in [2.45, 2.75) is 31.2 Å². The quantitative estimate of drug-likeness (QED) is 0.318. The highest BCUT2D eigenvalue weighted by atomic mass is 32.2. The Morgan fingerprint density at radius 3 is 2.32 bits per heavy atom. The zero-order chi connectivity index (χ0) is 26.0. The summed E-state index contributed by atoms with van der Waals surface area (Å²) in [6.07, 6.45) is 2.10. The van der Waals surface area contributed by atoms with Gasteiger partial charge in [-0.2, -0.15) is 0 Å². The van der Waals surface area contributed by atoms with E-state index in [1.165, 1.54) is 4.31 Å². The van der Waals surface area contributed by atoms with E-state index in [9.17, 15) is 8.42 Å². The van der Waals surface area contributed by atoms with E-state index in [0.29, 0.717) is 17.4 Å². The molecular weight excluding hydrogens is 484 g/mol. The van der Waals surface area contributed by atoms with Crippen LogP contribution in [0.3, 0.4) is 0 Å². The summed E-state index contributed by atoms with van der Waals surface area (Å²) in [6.45, 7) is 5.37. The second kappa shape index (κ2) is 10.6. The molecular formula is C29H34N4O3S. The molecule has 7 nitrogen and oxygen atoms in total. The molecule has 194 valence electrons. The van der Waals surface area contributed by atoms with Crippen LogP contribution in [0.15, 0.2) is 77.7 Å². The molecule has 0 amide bonds. The van der Waals surface area contributed by atoms with Gasteiger partial charge in [0, 0.05) is 39.4 Å². The monoisotopic (exact) mass is 518 g/mol. The van der Waals surface area contributed by atoms with Crippen LogP contribution in [0.5, 0.6) is 5.75 Å². The number of sulfonamides is 1. The summed E-state index contributed by atoms with van der Waals surface area (Å²) in [6, 6.07) is 23.7. The van der Waals surface area contributed by atoms with Gasteiger partial charge < -0.3 is 14.2 Å². The molecule has 1 fully saturated rings. The van der Waals surface area contributed by atoms with E-state index < -0.39 is 10.0 Å². The third kappa shape index (κ3) is 5.08. The maximum atomic E-state index is 12.4. The molecule has 0 spiro atoms. The van der Waals surface area contributed by atoms with Crippen molar-refractivity contribution in [1.82, 2.24) is 13.9 Å². The maximum Gasteiger partial charge on any atom is 0.242 e. The van der Waals surface area contributed by atoms with Crippen LogP contribution in [0.2, 0.25) is 0 Å². The van der Waals surface area contributed by atoms with Crippen molar-refractivity contribution in [3.8, 4) is 17.1 Å². The van der Waals surface area contributed by atoms with Gasteiger partial charge >= 0.3 is 0 Å². The van der Waals surface area contributed by atoms with Gasteiger partial charge in [-0.15, -0.1) is 0 Å². The minimum atomic E-state index is -3.42. The third-order valence-corrected chi connectivity index (χ3v) is 8.95. The number of ether oxygens (including phenoxy) is 1. The van der Waals surface area contributed by atoms with Crippen molar-refractivity contribution < 1.29 is 13.2 Å². The Bertz CT molecular complexity index is 1470. The lowest BCUT2D eigenvalue weighted by Gasteiger charge is -2.34. The van der Waals surface area contributed by atoms with Gasteiger partial charge in [-0.25, -0.2) is 17.7 Å². The summed E-state index contributed by atoms with van der Waals surface area (Å²) in [5, 5.41) is 0. The number of hydrogen-bond acceptors (Lipinski definition) is 5. The first kappa shape index (κ1) is 25.3. The van der Waals surface area contributed by atoms with Crippen molar-refractivity contribution in [1.29, 1.82) is 0 Å². The number of imidazole rings is 1. The predicted octanol–water partition coefficient (Wildman–Crippen LogP) is 5.27. The molecule has 37 heavy (non-hydrogen) atoms. The van der Waals surface area contributed by atoms with Gasteiger partial charge in [0.2, 0.25) is 10.0 Å². The van der Waals surface area contributed by atoms with E-state index in [1.807, 2.05) is 43.3 Å². The molecule has 0 radical (unpaired) electrons. The van der Waals surface area contributed by atoms with Crippen LogP contribution in [0, 0.1) is 5.92 Å². The predicted molar refractivity (Wildman–Crippen MR) is 149 cm³/mol. The summed E-state index contributed by atoms with van der Waals surface area (Å²) in [4.78, 5) is 7.68. The first-order valence-electron chi connectivity index (χ1n) is 12.8. The van der Waals surface area contributed by atoms with Crippen molar-refractivity contribution in [3.63, 3.8) is 0 Å². The Morgan fingerprint density at radius 2 is 1.62 bits per heavy atom. The van der Waals surface area contributed by atoms with Gasteiger partial charge in [0.25, 0.3) is 0 Å². The summed E-state index contributed by atoms with van der Waals surface area (Å²) in [5.41, 5.74) is 4.22. The summed E-state index contributed by atoms with van der Waals surface area (Å²) in [7, 11) is -0.309. The highest BCUT2D eigenvalue weighted by Gasteiger charge is 2.24. The van der Waals surface area contributed by atoms with Gasteiger partial charge in [-0.1, -0.05) is 24.3 Å². The number of rotatable bonds is 8. The van der Waals surface area contributed by atoms with Gasteiger partial charge in [0.05, 0.1) is 28.1 Å². The summed E-state index contributed by atoms with van der Waals surface area (Å²) < 4.78 is 34.3. The molecule has 4 aromatic rings. The first-order valence-corrected chi connectivity index (χ1v) is 14.3. The van der Waals surface area contributed by atoms with E-state index >= 15 is 0 Å². The molecule has 1 aliphatic heterocycles. The molecule has 1 saturated heterocycles. The lowest BCUT2D eigenvalue weighted by Crippen LogP contribution is -2.35. The number of para-hydroxylation sites is 3. The molecule has 5 rings (SSSR count). The number of aromatic nitrogens is 2. The standard InChI is InChI=1S/C29H34N4O3S/c1-4-36-28-12-8-5-9-25(28)29-30-26-10-6-7-11-27(26)33(29)21-22-17-19-32(20-18-22)23-13-15-24(16-14-23)37(34,35)31(2)3/h5-16,22H,4,17-21H2,1-3H3. The fourth-order valence-corrected chi connectivity index (χ4v) is 5.97. The van der Waals surface area contributed by atoms with Gasteiger partial charge in [0.15, 0.2) is 0 Å². The van der Waals surface area contributed by atoms with Crippen LogP contribution in [0.25, 0.3) is 22.4 Å². The van der Waals surface area contributed by atoms with Crippen molar-refractivity contribution in [3.05, 3.63) is 72.8 Å². The van der Waals surface area contributed by atoms with Gasteiger partial charge in [-0.3, -0.25) is 0 Å². The van der Waals surface area contributed by atoms with Gasteiger partial charge in [0.1, 0.15) is 11.6 Å². The smallest absolute Gasteiger partial charge is 0.242 e. The van der Waals surface area contributed by atoms with Crippen molar-refractivity contribution >= 4 is 26.7 Å². The maximum absolute atomic E-state index is 12.4. The third-order valence-electron chi connectivity index (χ3n) is 7.12. The average Bonchev–Trinajstić information content (AvgIpc) is 3.27. The second-order valence-corrected chi connectivity index (χ2v) is 11.8. The molecule has 0 N–H and O–H groups in total. The molecule has 0 bridgehead atoms. The highest BCUT2D eigenvalue weighted by molar-refractivity contribution is 7.89. The SMILES string of the molecule is CCOc1ccccc1-c1nc2ccccc2n1CC1CCN(c2ccc(S(=O)(=O)N(C)C)cc2)CC1. The number of anilines is 1. The Kier molecular flexibility index (Phi) is 7.22. The number of piperidine rings is 1. The van der Waals surface area contributed by atoms with Crippen molar-refractivity contribution in [2.75, 3.05) is 38.7 Å². The lowest BCUT2D eigenvalue weighted by atomic mass is 9.96. The summed E-state index contributed by atoms with van der Waals surface area (Å²) >= 11 is 0. The van der Waals surface area contributed by atoms with Crippen LogP contribution in [0.4, 0.5) is 5.69 Å². The number of hydrogen-bond donors (Lipinski definition) is 0.